The normalized spacial score (nSPS) is 10.3. The van der Waals surface area contributed by atoms with E-state index in [2.05, 4.69) is 0 Å². The average molecular weight is 341 g/mol. The molecule has 25 heavy (non-hydrogen) atoms. The van der Waals surface area contributed by atoms with Crippen LogP contribution in [-0.4, -0.2) is 42.6 Å². The molecule has 0 aliphatic rings. The van der Waals surface area contributed by atoms with Gasteiger partial charge in [0.25, 0.3) is 0 Å². The van der Waals surface area contributed by atoms with Crippen molar-refractivity contribution in [3.63, 3.8) is 0 Å². The Bertz CT molecular complexity index is 725. The highest BCUT2D eigenvalue weighted by molar-refractivity contribution is 5.87. The van der Waals surface area contributed by atoms with Crippen molar-refractivity contribution in [2.75, 3.05) is 20.7 Å². The number of likely N-dealkylation sites (N-methyl/N-ethyl adjacent to an activating group) is 1. The minimum atomic E-state index is -0.946. The Morgan fingerprint density at radius 2 is 1.72 bits per heavy atom. The maximum absolute atomic E-state index is 12.3. The van der Waals surface area contributed by atoms with Crippen LogP contribution in [0.5, 0.6) is 5.75 Å². The lowest BCUT2D eigenvalue weighted by molar-refractivity contribution is -0.129. The molecular formula is C20H23NO4. The number of benzene rings is 2. The van der Waals surface area contributed by atoms with Gasteiger partial charge in [-0.05, 0) is 42.2 Å². The summed E-state index contributed by atoms with van der Waals surface area (Å²) >= 11 is 0. The van der Waals surface area contributed by atoms with Gasteiger partial charge in [-0.3, -0.25) is 4.79 Å². The predicted molar refractivity (Wildman–Crippen MR) is 96.1 cm³/mol. The van der Waals surface area contributed by atoms with Crippen molar-refractivity contribution < 1.29 is 19.4 Å². The molecule has 0 spiro atoms. The summed E-state index contributed by atoms with van der Waals surface area (Å²) in [5.41, 5.74) is 2.29. The number of carboxylic acid groups (broad SMARTS) is 1. The van der Waals surface area contributed by atoms with Gasteiger partial charge in [-0.25, -0.2) is 4.79 Å². The second-order valence-electron chi connectivity index (χ2n) is 5.88. The number of carbonyl (C=O) groups is 2. The highest BCUT2D eigenvalue weighted by Crippen LogP contribution is 2.18. The number of methoxy groups -OCH3 is 1. The van der Waals surface area contributed by atoms with E-state index in [0.717, 1.165) is 23.3 Å². The zero-order chi connectivity index (χ0) is 18.2. The minimum Gasteiger partial charge on any atom is -0.496 e. The van der Waals surface area contributed by atoms with Crippen LogP contribution in [0.4, 0.5) is 0 Å². The molecule has 0 atom stereocenters. The zero-order valence-electron chi connectivity index (χ0n) is 14.6. The van der Waals surface area contributed by atoms with Gasteiger partial charge in [-0.2, -0.15) is 0 Å². The Morgan fingerprint density at radius 1 is 1.04 bits per heavy atom. The molecule has 5 heteroatoms. The first-order chi connectivity index (χ1) is 12.0. The van der Waals surface area contributed by atoms with Crippen LogP contribution in [0.1, 0.15) is 27.9 Å². The van der Waals surface area contributed by atoms with Crippen LogP contribution in [0.15, 0.2) is 48.5 Å². The van der Waals surface area contributed by atoms with Gasteiger partial charge in [0.1, 0.15) is 5.75 Å². The summed E-state index contributed by atoms with van der Waals surface area (Å²) in [5.74, 6) is -0.0437. The van der Waals surface area contributed by atoms with Crippen LogP contribution in [0, 0.1) is 0 Å². The number of para-hydroxylation sites is 1. The highest BCUT2D eigenvalue weighted by Gasteiger charge is 2.11. The van der Waals surface area contributed by atoms with Gasteiger partial charge in [0.15, 0.2) is 0 Å². The van der Waals surface area contributed by atoms with E-state index in [1.54, 1.807) is 43.3 Å². The number of rotatable bonds is 8. The summed E-state index contributed by atoms with van der Waals surface area (Å²) in [6, 6.07) is 14.4. The highest BCUT2D eigenvalue weighted by atomic mass is 16.5. The molecule has 2 aromatic carbocycles. The monoisotopic (exact) mass is 341 g/mol. The molecule has 2 rings (SSSR count). The van der Waals surface area contributed by atoms with Gasteiger partial charge < -0.3 is 14.7 Å². The van der Waals surface area contributed by atoms with Crippen molar-refractivity contribution in [3.8, 4) is 5.75 Å². The van der Waals surface area contributed by atoms with E-state index in [1.165, 1.54) is 0 Å². The molecule has 1 amide bonds. The Hall–Kier alpha value is -2.82. The van der Waals surface area contributed by atoms with E-state index >= 15 is 0 Å². The summed E-state index contributed by atoms with van der Waals surface area (Å²) in [6.45, 7) is 0.622. The Balaban J connectivity index is 1.82. The van der Waals surface area contributed by atoms with Gasteiger partial charge in [-0.1, -0.05) is 30.3 Å². The molecular weight excluding hydrogens is 318 g/mol. The standard InChI is InChI=1S/C20H23NO4/c1-21(14-13-16-5-3-4-6-18(16)25-2)19(22)12-9-15-7-10-17(11-8-15)20(23)24/h3-8,10-11H,9,12-14H2,1-2H3,(H,23,24). The van der Waals surface area contributed by atoms with Crippen LogP contribution in [0.2, 0.25) is 0 Å². The smallest absolute Gasteiger partial charge is 0.335 e. The topological polar surface area (TPSA) is 66.8 Å². The second kappa shape index (κ2) is 8.87. The fourth-order valence-corrected chi connectivity index (χ4v) is 2.58. The van der Waals surface area contributed by atoms with Crippen molar-refractivity contribution >= 4 is 11.9 Å². The molecule has 0 saturated heterocycles. The third-order valence-electron chi connectivity index (χ3n) is 4.16. The molecule has 0 fully saturated rings. The summed E-state index contributed by atoms with van der Waals surface area (Å²) in [4.78, 5) is 24.8. The van der Waals surface area contributed by atoms with E-state index < -0.39 is 5.97 Å². The van der Waals surface area contributed by atoms with Crippen molar-refractivity contribution in [2.24, 2.45) is 0 Å². The lowest BCUT2D eigenvalue weighted by Crippen LogP contribution is -2.29. The first-order valence-electron chi connectivity index (χ1n) is 8.19. The number of carbonyl (C=O) groups excluding carboxylic acids is 1. The molecule has 0 heterocycles. The number of nitrogens with zero attached hydrogens (tertiary/aromatic N) is 1. The van der Waals surface area contributed by atoms with Crippen LogP contribution in [-0.2, 0) is 17.6 Å². The van der Waals surface area contributed by atoms with Crippen LogP contribution in [0.25, 0.3) is 0 Å². The molecule has 1 N–H and O–H groups in total. The first kappa shape index (κ1) is 18.5. The summed E-state index contributed by atoms with van der Waals surface area (Å²) in [6.07, 6.45) is 1.73. The summed E-state index contributed by atoms with van der Waals surface area (Å²) in [7, 11) is 3.44. The van der Waals surface area contributed by atoms with Gasteiger partial charge in [0.05, 0.1) is 12.7 Å². The lowest BCUT2D eigenvalue weighted by atomic mass is 10.1. The molecule has 0 radical (unpaired) electrons. The fraction of sp³-hybridized carbons (Fsp3) is 0.300. The molecule has 0 aromatic heterocycles. The number of hydrogen-bond donors (Lipinski definition) is 1. The minimum absolute atomic E-state index is 0.0669. The number of carboxylic acids is 1. The third kappa shape index (κ3) is 5.35. The summed E-state index contributed by atoms with van der Waals surface area (Å²) in [5, 5.41) is 8.89. The van der Waals surface area contributed by atoms with Gasteiger partial charge in [0.2, 0.25) is 5.91 Å². The van der Waals surface area contributed by atoms with Crippen LogP contribution >= 0.6 is 0 Å². The number of aromatic carboxylic acids is 1. The number of amides is 1. The SMILES string of the molecule is COc1ccccc1CCN(C)C(=O)CCc1ccc(C(=O)O)cc1. The van der Waals surface area contributed by atoms with E-state index in [1.807, 2.05) is 24.3 Å². The quantitative estimate of drug-likeness (QED) is 0.801. The molecule has 0 unspecified atom stereocenters. The first-order valence-corrected chi connectivity index (χ1v) is 8.19. The Labute approximate surface area is 147 Å². The van der Waals surface area contributed by atoms with Crippen molar-refractivity contribution in [1.29, 1.82) is 0 Å². The molecule has 5 nitrogen and oxygen atoms in total. The predicted octanol–water partition coefficient (Wildman–Crippen LogP) is 3.03. The second-order valence-corrected chi connectivity index (χ2v) is 5.88. The Morgan fingerprint density at radius 3 is 2.36 bits per heavy atom. The largest absolute Gasteiger partial charge is 0.496 e. The third-order valence-corrected chi connectivity index (χ3v) is 4.16. The fourth-order valence-electron chi connectivity index (χ4n) is 2.58. The molecule has 0 aliphatic heterocycles. The molecule has 0 aliphatic carbocycles. The van der Waals surface area contributed by atoms with Gasteiger partial charge >= 0.3 is 5.97 Å². The van der Waals surface area contributed by atoms with E-state index in [4.69, 9.17) is 9.84 Å². The number of ether oxygens (including phenoxy) is 1. The number of aryl methyl sites for hydroxylation is 1. The van der Waals surface area contributed by atoms with Gasteiger partial charge in [-0.15, -0.1) is 0 Å². The van der Waals surface area contributed by atoms with Crippen molar-refractivity contribution in [1.82, 2.24) is 4.90 Å². The molecule has 0 saturated carbocycles. The van der Waals surface area contributed by atoms with Crippen molar-refractivity contribution in [2.45, 2.75) is 19.3 Å². The number of hydrogen-bond acceptors (Lipinski definition) is 3. The van der Waals surface area contributed by atoms with Crippen LogP contribution < -0.4 is 4.74 Å². The van der Waals surface area contributed by atoms with E-state index in [9.17, 15) is 9.59 Å². The molecule has 2 aromatic rings. The van der Waals surface area contributed by atoms with E-state index in [0.29, 0.717) is 19.4 Å². The maximum Gasteiger partial charge on any atom is 0.335 e. The average Bonchev–Trinajstić information content (AvgIpc) is 2.64. The van der Waals surface area contributed by atoms with Crippen molar-refractivity contribution in [3.05, 3.63) is 65.2 Å². The van der Waals surface area contributed by atoms with Gasteiger partial charge in [0, 0.05) is 20.0 Å². The van der Waals surface area contributed by atoms with E-state index in [-0.39, 0.29) is 11.5 Å². The molecule has 0 bridgehead atoms. The maximum atomic E-state index is 12.3. The molecule has 132 valence electrons. The summed E-state index contributed by atoms with van der Waals surface area (Å²) < 4.78 is 5.32. The van der Waals surface area contributed by atoms with Crippen LogP contribution in [0.3, 0.4) is 0 Å². The zero-order valence-corrected chi connectivity index (χ0v) is 14.6. The lowest BCUT2D eigenvalue weighted by Gasteiger charge is -2.18. The Kier molecular flexibility index (Phi) is 6.57.